The van der Waals surface area contributed by atoms with Gasteiger partial charge in [-0.3, -0.25) is 4.90 Å². The fourth-order valence-corrected chi connectivity index (χ4v) is 2.47. The van der Waals surface area contributed by atoms with Crippen molar-refractivity contribution < 1.29 is 4.74 Å². The van der Waals surface area contributed by atoms with E-state index in [1.165, 1.54) is 11.1 Å². The average Bonchev–Trinajstić information content (AvgIpc) is 2.36. The van der Waals surface area contributed by atoms with Crippen LogP contribution in [0.15, 0.2) is 24.3 Å². The summed E-state index contributed by atoms with van der Waals surface area (Å²) in [5.74, 6) is 0. The lowest BCUT2D eigenvalue weighted by molar-refractivity contribution is 0.165. The number of benzene rings is 1. The van der Waals surface area contributed by atoms with Crippen molar-refractivity contribution in [1.29, 1.82) is 0 Å². The smallest absolute Gasteiger partial charge is 0.0713 e. The highest BCUT2D eigenvalue weighted by Gasteiger charge is 2.20. The third-order valence-electron chi connectivity index (χ3n) is 3.30. The van der Waals surface area contributed by atoms with Gasteiger partial charge in [-0.15, -0.1) is 0 Å². The molecule has 0 aliphatic rings. The Balaban J connectivity index is 2.96. The van der Waals surface area contributed by atoms with E-state index in [0.29, 0.717) is 19.2 Å². The van der Waals surface area contributed by atoms with Gasteiger partial charge in [0.25, 0.3) is 0 Å². The minimum absolute atomic E-state index is 0.284. The van der Waals surface area contributed by atoms with E-state index in [2.05, 4.69) is 49.9 Å². The molecule has 0 saturated heterocycles. The van der Waals surface area contributed by atoms with E-state index < -0.39 is 0 Å². The highest BCUT2D eigenvalue weighted by atomic mass is 16.5. The minimum Gasteiger partial charge on any atom is -0.380 e. The van der Waals surface area contributed by atoms with E-state index in [0.717, 1.165) is 6.54 Å². The van der Waals surface area contributed by atoms with Crippen molar-refractivity contribution in [1.82, 2.24) is 4.90 Å². The van der Waals surface area contributed by atoms with Crippen LogP contribution in [0.5, 0.6) is 0 Å². The monoisotopic (exact) mass is 250 g/mol. The maximum Gasteiger partial charge on any atom is 0.0713 e. The first kappa shape index (κ1) is 15.2. The molecule has 18 heavy (non-hydrogen) atoms. The molecule has 0 aliphatic heterocycles. The molecule has 0 aliphatic carbocycles. The molecule has 0 fully saturated rings. The number of likely N-dealkylation sites (N-methyl/N-ethyl adjacent to an activating group) is 1. The second-order valence-corrected chi connectivity index (χ2v) is 4.85. The van der Waals surface area contributed by atoms with Crippen LogP contribution < -0.4 is 5.73 Å². The molecule has 1 aromatic rings. The van der Waals surface area contributed by atoms with Crippen LogP contribution in [-0.4, -0.2) is 31.1 Å². The molecule has 0 spiro atoms. The topological polar surface area (TPSA) is 38.5 Å². The van der Waals surface area contributed by atoms with Crippen molar-refractivity contribution in [3.05, 3.63) is 35.4 Å². The van der Waals surface area contributed by atoms with Gasteiger partial charge in [-0.1, -0.05) is 31.2 Å². The number of ether oxygens (including phenoxy) is 1. The summed E-state index contributed by atoms with van der Waals surface area (Å²) < 4.78 is 5.19. The van der Waals surface area contributed by atoms with Crippen LogP contribution in [0, 0.1) is 0 Å². The fraction of sp³-hybridized carbons (Fsp3) is 0.600. The van der Waals surface area contributed by atoms with Gasteiger partial charge in [0.2, 0.25) is 0 Å². The van der Waals surface area contributed by atoms with Crippen LogP contribution in [0.3, 0.4) is 0 Å². The molecule has 0 heterocycles. The molecule has 0 saturated carbocycles. The summed E-state index contributed by atoms with van der Waals surface area (Å²) in [4.78, 5) is 2.42. The second-order valence-electron chi connectivity index (χ2n) is 4.85. The van der Waals surface area contributed by atoms with Crippen molar-refractivity contribution >= 4 is 0 Å². The third-order valence-corrected chi connectivity index (χ3v) is 3.30. The Morgan fingerprint density at radius 3 is 2.56 bits per heavy atom. The number of methoxy groups -OCH3 is 1. The Morgan fingerprint density at radius 1 is 1.33 bits per heavy atom. The largest absolute Gasteiger partial charge is 0.380 e. The lowest BCUT2D eigenvalue weighted by Gasteiger charge is -2.33. The van der Waals surface area contributed by atoms with Crippen molar-refractivity contribution in [2.24, 2.45) is 5.73 Å². The Labute approximate surface area is 111 Å². The van der Waals surface area contributed by atoms with Crippen molar-refractivity contribution in [2.75, 3.05) is 20.2 Å². The molecule has 0 aromatic heterocycles. The van der Waals surface area contributed by atoms with Gasteiger partial charge in [0.1, 0.15) is 0 Å². The first-order chi connectivity index (χ1) is 8.63. The van der Waals surface area contributed by atoms with Crippen LogP contribution in [0.4, 0.5) is 0 Å². The molecule has 0 radical (unpaired) electrons. The molecule has 1 rings (SSSR count). The summed E-state index contributed by atoms with van der Waals surface area (Å²) in [6.45, 7) is 8.91. The van der Waals surface area contributed by atoms with Gasteiger partial charge in [-0.2, -0.15) is 0 Å². The first-order valence-corrected chi connectivity index (χ1v) is 6.67. The van der Waals surface area contributed by atoms with E-state index in [1.54, 1.807) is 7.11 Å². The maximum atomic E-state index is 5.97. The summed E-state index contributed by atoms with van der Waals surface area (Å²) in [6, 6.07) is 9.31. The summed E-state index contributed by atoms with van der Waals surface area (Å²) in [5.41, 5.74) is 8.45. The van der Waals surface area contributed by atoms with E-state index in [4.69, 9.17) is 10.5 Å². The zero-order valence-electron chi connectivity index (χ0n) is 12.0. The number of hydrogen-bond acceptors (Lipinski definition) is 3. The van der Waals surface area contributed by atoms with Gasteiger partial charge in [0.05, 0.1) is 6.61 Å². The summed E-state index contributed by atoms with van der Waals surface area (Å²) in [5, 5.41) is 0. The normalized spacial score (nSPS) is 13.3. The van der Waals surface area contributed by atoms with Gasteiger partial charge >= 0.3 is 0 Å². The molecule has 3 nitrogen and oxygen atoms in total. The first-order valence-electron chi connectivity index (χ1n) is 6.67. The van der Waals surface area contributed by atoms with Crippen LogP contribution in [0.25, 0.3) is 0 Å². The van der Waals surface area contributed by atoms with E-state index >= 15 is 0 Å². The van der Waals surface area contributed by atoms with Crippen molar-refractivity contribution in [3.63, 3.8) is 0 Å². The predicted octanol–water partition coefficient (Wildman–Crippen LogP) is 2.56. The molecule has 1 atom stereocenters. The minimum atomic E-state index is 0.284. The summed E-state index contributed by atoms with van der Waals surface area (Å²) in [6.07, 6.45) is 0. The number of nitrogens with zero attached hydrogens (tertiary/aromatic N) is 1. The molecule has 1 unspecified atom stereocenters. The summed E-state index contributed by atoms with van der Waals surface area (Å²) >= 11 is 0. The SMILES string of the molecule is CCN(C(C)C)C(CN)c1cccc(COC)c1. The zero-order chi connectivity index (χ0) is 13.5. The molecular weight excluding hydrogens is 224 g/mol. The van der Waals surface area contributed by atoms with Gasteiger partial charge in [-0.05, 0) is 31.5 Å². The van der Waals surface area contributed by atoms with Gasteiger partial charge < -0.3 is 10.5 Å². The highest BCUT2D eigenvalue weighted by molar-refractivity contribution is 5.26. The standard InChI is InChI=1S/C15H26N2O/c1-5-17(12(2)3)15(10-16)14-8-6-7-13(9-14)11-18-4/h6-9,12,15H,5,10-11,16H2,1-4H3. The molecule has 102 valence electrons. The van der Waals surface area contributed by atoms with E-state index in [1.807, 2.05) is 0 Å². The van der Waals surface area contributed by atoms with Gasteiger partial charge in [0.15, 0.2) is 0 Å². The summed E-state index contributed by atoms with van der Waals surface area (Å²) in [7, 11) is 1.72. The van der Waals surface area contributed by atoms with Crippen molar-refractivity contribution in [2.45, 2.75) is 39.5 Å². The molecule has 0 bridgehead atoms. The quantitative estimate of drug-likeness (QED) is 0.808. The lowest BCUT2D eigenvalue weighted by Crippen LogP contribution is -2.38. The Morgan fingerprint density at radius 2 is 2.06 bits per heavy atom. The Hall–Kier alpha value is -0.900. The van der Waals surface area contributed by atoms with Crippen LogP contribution in [0.1, 0.15) is 37.9 Å². The molecular formula is C15H26N2O. The highest BCUT2D eigenvalue weighted by Crippen LogP contribution is 2.22. The Kier molecular flexibility index (Phi) is 6.33. The average molecular weight is 250 g/mol. The van der Waals surface area contributed by atoms with E-state index in [9.17, 15) is 0 Å². The molecule has 2 N–H and O–H groups in total. The number of nitrogens with two attached hydrogens (primary N) is 1. The van der Waals surface area contributed by atoms with Crippen LogP contribution in [0.2, 0.25) is 0 Å². The Bertz CT molecular complexity index is 352. The molecule has 1 aromatic carbocycles. The number of hydrogen-bond donors (Lipinski definition) is 1. The van der Waals surface area contributed by atoms with Crippen molar-refractivity contribution in [3.8, 4) is 0 Å². The number of rotatable bonds is 7. The zero-order valence-corrected chi connectivity index (χ0v) is 12.0. The van der Waals surface area contributed by atoms with Crippen LogP contribution >= 0.6 is 0 Å². The predicted molar refractivity (Wildman–Crippen MR) is 76.5 cm³/mol. The van der Waals surface area contributed by atoms with Gasteiger partial charge in [0, 0.05) is 25.7 Å². The maximum absolute atomic E-state index is 5.97. The molecule has 3 heteroatoms. The van der Waals surface area contributed by atoms with E-state index in [-0.39, 0.29) is 6.04 Å². The fourth-order valence-electron chi connectivity index (χ4n) is 2.47. The molecule has 0 amide bonds. The van der Waals surface area contributed by atoms with Crippen LogP contribution in [-0.2, 0) is 11.3 Å². The van der Waals surface area contributed by atoms with Gasteiger partial charge in [-0.25, -0.2) is 0 Å². The third kappa shape index (κ3) is 3.80. The lowest BCUT2D eigenvalue weighted by atomic mass is 10.0. The second kappa shape index (κ2) is 7.52.